The van der Waals surface area contributed by atoms with E-state index in [9.17, 15) is 0 Å². The van der Waals surface area contributed by atoms with E-state index in [-0.39, 0.29) is 6.04 Å². The molecule has 0 aliphatic rings. The van der Waals surface area contributed by atoms with Crippen LogP contribution in [0.4, 0.5) is 5.69 Å². The molecule has 1 heterocycles. The highest BCUT2D eigenvalue weighted by Gasteiger charge is 2.11. The van der Waals surface area contributed by atoms with Gasteiger partial charge in [0.25, 0.3) is 0 Å². The van der Waals surface area contributed by atoms with Gasteiger partial charge in [-0.05, 0) is 30.2 Å². The second-order valence-corrected chi connectivity index (χ2v) is 4.09. The van der Waals surface area contributed by atoms with Gasteiger partial charge in [-0.25, -0.2) is 0 Å². The van der Waals surface area contributed by atoms with Crippen molar-refractivity contribution in [2.45, 2.75) is 19.4 Å². The van der Waals surface area contributed by atoms with Crippen molar-refractivity contribution in [1.82, 2.24) is 4.98 Å². The SMILES string of the molecule is CC[C@H](Nc1ccccc1OC)c1cccnc1. The lowest BCUT2D eigenvalue weighted by Crippen LogP contribution is -2.10. The Kier molecular flexibility index (Phi) is 4.18. The molecule has 1 atom stereocenters. The fourth-order valence-electron chi connectivity index (χ4n) is 1.95. The largest absolute Gasteiger partial charge is 0.495 e. The molecule has 0 aliphatic heterocycles. The number of ether oxygens (including phenoxy) is 1. The number of para-hydroxylation sites is 2. The molecule has 0 aliphatic carbocycles. The summed E-state index contributed by atoms with van der Waals surface area (Å²) in [6.45, 7) is 2.15. The van der Waals surface area contributed by atoms with Gasteiger partial charge in [0.1, 0.15) is 5.75 Å². The Morgan fingerprint density at radius 3 is 2.72 bits per heavy atom. The fourth-order valence-corrected chi connectivity index (χ4v) is 1.95. The lowest BCUT2D eigenvalue weighted by Gasteiger charge is -2.20. The molecule has 0 amide bonds. The van der Waals surface area contributed by atoms with Crippen molar-refractivity contribution in [3.05, 3.63) is 54.4 Å². The molecule has 94 valence electrons. The van der Waals surface area contributed by atoms with Crippen molar-refractivity contribution in [2.75, 3.05) is 12.4 Å². The summed E-state index contributed by atoms with van der Waals surface area (Å²) >= 11 is 0. The molecule has 3 nitrogen and oxygen atoms in total. The zero-order valence-corrected chi connectivity index (χ0v) is 10.8. The lowest BCUT2D eigenvalue weighted by molar-refractivity contribution is 0.416. The molecule has 1 aromatic heterocycles. The first kappa shape index (κ1) is 12.4. The fraction of sp³-hybridized carbons (Fsp3) is 0.267. The van der Waals surface area contributed by atoms with Crippen LogP contribution >= 0.6 is 0 Å². The van der Waals surface area contributed by atoms with Crippen molar-refractivity contribution in [3.8, 4) is 5.75 Å². The van der Waals surface area contributed by atoms with Gasteiger partial charge in [-0.3, -0.25) is 4.98 Å². The van der Waals surface area contributed by atoms with E-state index in [0.29, 0.717) is 0 Å². The van der Waals surface area contributed by atoms with Gasteiger partial charge in [0, 0.05) is 12.4 Å². The number of methoxy groups -OCH3 is 1. The van der Waals surface area contributed by atoms with Crippen LogP contribution < -0.4 is 10.1 Å². The van der Waals surface area contributed by atoms with E-state index < -0.39 is 0 Å². The minimum atomic E-state index is 0.245. The van der Waals surface area contributed by atoms with E-state index >= 15 is 0 Å². The van der Waals surface area contributed by atoms with Crippen LogP contribution in [0, 0.1) is 0 Å². The zero-order chi connectivity index (χ0) is 12.8. The highest BCUT2D eigenvalue weighted by atomic mass is 16.5. The normalized spacial score (nSPS) is 11.9. The van der Waals surface area contributed by atoms with Crippen LogP contribution in [0.1, 0.15) is 24.9 Å². The van der Waals surface area contributed by atoms with Crippen LogP contribution in [-0.4, -0.2) is 12.1 Å². The third-order valence-corrected chi connectivity index (χ3v) is 2.93. The first-order valence-electron chi connectivity index (χ1n) is 6.14. The number of aromatic nitrogens is 1. The lowest BCUT2D eigenvalue weighted by atomic mass is 10.1. The average molecular weight is 242 g/mol. The second-order valence-electron chi connectivity index (χ2n) is 4.09. The number of anilines is 1. The minimum absolute atomic E-state index is 0.245. The molecule has 0 saturated heterocycles. The molecular weight excluding hydrogens is 224 g/mol. The van der Waals surface area contributed by atoms with Crippen molar-refractivity contribution < 1.29 is 4.74 Å². The van der Waals surface area contributed by atoms with Crippen LogP contribution in [0.2, 0.25) is 0 Å². The molecule has 0 unspecified atom stereocenters. The Bertz CT molecular complexity index is 485. The summed E-state index contributed by atoms with van der Waals surface area (Å²) in [7, 11) is 1.69. The molecule has 3 heteroatoms. The predicted octanol–water partition coefficient (Wildman–Crippen LogP) is 3.65. The monoisotopic (exact) mass is 242 g/mol. The van der Waals surface area contributed by atoms with Gasteiger partial charge in [0.15, 0.2) is 0 Å². The quantitative estimate of drug-likeness (QED) is 0.869. The highest BCUT2D eigenvalue weighted by Crippen LogP contribution is 2.28. The van der Waals surface area contributed by atoms with Crippen LogP contribution in [0.3, 0.4) is 0 Å². The van der Waals surface area contributed by atoms with Gasteiger partial charge in [-0.2, -0.15) is 0 Å². The van der Waals surface area contributed by atoms with E-state index in [1.54, 1.807) is 13.3 Å². The van der Waals surface area contributed by atoms with Crippen LogP contribution in [0.15, 0.2) is 48.8 Å². The number of rotatable bonds is 5. The standard InChI is InChI=1S/C15H18N2O/c1-3-13(12-7-6-10-16-11-12)17-14-8-4-5-9-15(14)18-2/h4-11,13,17H,3H2,1-2H3/t13-/m0/s1. The molecule has 0 spiro atoms. The first-order chi connectivity index (χ1) is 8.85. The van der Waals surface area contributed by atoms with Gasteiger partial charge >= 0.3 is 0 Å². The molecule has 1 aromatic carbocycles. The maximum Gasteiger partial charge on any atom is 0.141 e. The van der Waals surface area contributed by atoms with Crippen LogP contribution in [0.5, 0.6) is 5.75 Å². The Balaban J connectivity index is 2.21. The van der Waals surface area contributed by atoms with Crippen molar-refractivity contribution in [3.63, 3.8) is 0 Å². The third-order valence-electron chi connectivity index (χ3n) is 2.93. The van der Waals surface area contributed by atoms with Crippen molar-refractivity contribution in [1.29, 1.82) is 0 Å². The Labute approximate surface area is 108 Å². The van der Waals surface area contributed by atoms with E-state index in [1.807, 2.05) is 36.5 Å². The Morgan fingerprint density at radius 1 is 1.22 bits per heavy atom. The van der Waals surface area contributed by atoms with E-state index in [4.69, 9.17) is 4.74 Å². The predicted molar refractivity (Wildman–Crippen MR) is 73.9 cm³/mol. The molecular formula is C15H18N2O. The maximum atomic E-state index is 5.35. The Morgan fingerprint density at radius 2 is 2.06 bits per heavy atom. The topological polar surface area (TPSA) is 34.1 Å². The summed E-state index contributed by atoms with van der Waals surface area (Å²) < 4.78 is 5.35. The summed E-state index contributed by atoms with van der Waals surface area (Å²) in [6.07, 6.45) is 4.68. The first-order valence-corrected chi connectivity index (χ1v) is 6.14. The smallest absolute Gasteiger partial charge is 0.141 e. The van der Waals surface area contributed by atoms with Crippen molar-refractivity contribution >= 4 is 5.69 Å². The zero-order valence-electron chi connectivity index (χ0n) is 10.8. The second kappa shape index (κ2) is 6.05. The maximum absolute atomic E-state index is 5.35. The summed E-state index contributed by atoms with van der Waals surface area (Å²) in [6, 6.07) is 12.2. The molecule has 0 radical (unpaired) electrons. The molecule has 2 rings (SSSR count). The van der Waals surface area contributed by atoms with Gasteiger partial charge in [0.05, 0.1) is 18.8 Å². The summed E-state index contributed by atoms with van der Waals surface area (Å²) in [4.78, 5) is 4.17. The highest BCUT2D eigenvalue weighted by molar-refractivity contribution is 5.57. The van der Waals surface area contributed by atoms with Gasteiger partial charge in [-0.1, -0.05) is 25.1 Å². The van der Waals surface area contributed by atoms with Crippen LogP contribution in [-0.2, 0) is 0 Å². The van der Waals surface area contributed by atoms with Gasteiger partial charge in [-0.15, -0.1) is 0 Å². The van der Waals surface area contributed by atoms with Gasteiger partial charge < -0.3 is 10.1 Å². The molecule has 0 bridgehead atoms. The summed E-state index contributed by atoms with van der Waals surface area (Å²) in [5.41, 5.74) is 2.20. The van der Waals surface area contributed by atoms with E-state index in [0.717, 1.165) is 17.9 Å². The molecule has 2 aromatic rings. The van der Waals surface area contributed by atoms with E-state index in [1.165, 1.54) is 5.56 Å². The molecule has 1 N–H and O–H groups in total. The third kappa shape index (κ3) is 2.80. The molecule has 0 saturated carbocycles. The minimum Gasteiger partial charge on any atom is -0.495 e. The number of nitrogens with zero attached hydrogens (tertiary/aromatic N) is 1. The Hall–Kier alpha value is -2.03. The number of benzene rings is 1. The number of hydrogen-bond donors (Lipinski definition) is 1. The van der Waals surface area contributed by atoms with E-state index in [2.05, 4.69) is 23.3 Å². The average Bonchev–Trinajstić information content (AvgIpc) is 2.46. The number of nitrogens with one attached hydrogen (secondary N) is 1. The van der Waals surface area contributed by atoms with Crippen molar-refractivity contribution in [2.24, 2.45) is 0 Å². The number of pyridine rings is 1. The van der Waals surface area contributed by atoms with Crippen LogP contribution in [0.25, 0.3) is 0 Å². The molecule has 18 heavy (non-hydrogen) atoms. The number of hydrogen-bond acceptors (Lipinski definition) is 3. The van der Waals surface area contributed by atoms with Gasteiger partial charge in [0.2, 0.25) is 0 Å². The summed E-state index contributed by atoms with van der Waals surface area (Å²) in [5, 5.41) is 3.50. The molecule has 0 fully saturated rings. The summed E-state index contributed by atoms with van der Waals surface area (Å²) in [5.74, 6) is 0.861.